The highest BCUT2D eigenvalue weighted by molar-refractivity contribution is 5.34. The van der Waals surface area contributed by atoms with E-state index in [9.17, 15) is 0 Å². The van der Waals surface area contributed by atoms with Crippen molar-refractivity contribution in [2.75, 3.05) is 0 Å². The molecule has 0 aliphatic carbocycles. The second-order valence-electron chi connectivity index (χ2n) is 3.08. The van der Waals surface area contributed by atoms with Crippen molar-refractivity contribution in [2.24, 2.45) is 0 Å². The number of aromatic hydroxyl groups is 1. The van der Waals surface area contributed by atoms with Crippen molar-refractivity contribution >= 4 is 0 Å². The van der Waals surface area contributed by atoms with Crippen molar-refractivity contribution in [3.8, 4) is 5.75 Å². The highest BCUT2D eigenvalue weighted by Crippen LogP contribution is 2.15. The largest absolute Gasteiger partial charge is 0.508 e. The van der Waals surface area contributed by atoms with Crippen molar-refractivity contribution in [1.29, 1.82) is 0 Å². The molecule has 15 heavy (non-hydrogen) atoms. The summed E-state index contributed by atoms with van der Waals surface area (Å²) in [4.78, 5) is 10.7. The maximum absolute atomic E-state index is 9.04. The summed E-state index contributed by atoms with van der Waals surface area (Å²) < 4.78 is 0. The molecule has 0 unspecified atom stereocenters. The van der Waals surface area contributed by atoms with Crippen LogP contribution >= 0.6 is 0 Å². The predicted octanol–water partition coefficient (Wildman–Crippen LogP) is 1.88. The van der Waals surface area contributed by atoms with Crippen molar-refractivity contribution in [3.63, 3.8) is 0 Å². The van der Waals surface area contributed by atoms with Gasteiger partial charge in [0, 0.05) is 0 Å². The Morgan fingerprint density at radius 2 is 1.47 bits per heavy atom. The number of hydrogen-bond donors (Lipinski definition) is 1. The zero-order chi connectivity index (χ0) is 11.1. The summed E-state index contributed by atoms with van der Waals surface area (Å²) in [6.07, 6.45) is 4.31. The highest BCUT2D eigenvalue weighted by Gasteiger charge is 1.91. The number of rotatable bonds is 0. The third kappa shape index (κ3) is 4.17. The molecular formula is C11H13N3O. The fourth-order valence-corrected chi connectivity index (χ4v) is 1.01. The molecule has 0 radical (unpaired) electrons. The fourth-order valence-electron chi connectivity index (χ4n) is 1.01. The normalized spacial score (nSPS) is 8.93. The van der Waals surface area contributed by atoms with Crippen LogP contribution < -0.4 is 0 Å². The minimum absolute atomic E-state index is 0.376. The molecule has 4 nitrogen and oxygen atoms in total. The summed E-state index contributed by atoms with van der Waals surface area (Å²) in [5, 5.41) is 9.04. The summed E-state index contributed by atoms with van der Waals surface area (Å²) in [7, 11) is 0. The smallest absolute Gasteiger partial charge is 0.119 e. The van der Waals surface area contributed by atoms with Crippen LogP contribution in [0.15, 0.2) is 37.2 Å². The van der Waals surface area contributed by atoms with Gasteiger partial charge in [0.15, 0.2) is 0 Å². The van der Waals surface area contributed by atoms with Crippen LogP contribution in [0.2, 0.25) is 0 Å². The molecule has 0 aliphatic heterocycles. The SMILES string of the molecule is Cc1ccc(O)c(C)c1.c1ncncn1. The Hall–Kier alpha value is -1.97. The van der Waals surface area contributed by atoms with Gasteiger partial charge in [0.1, 0.15) is 24.7 Å². The Kier molecular flexibility index (Phi) is 4.22. The second-order valence-corrected chi connectivity index (χ2v) is 3.08. The van der Waals surface area contributed by atoms with E-state index < -0.39 is 0 Å². The maximum atomic E-state index is 9.04. The van der Waals surface area contributed by atoms with E-state index in [1.165, 1.54) is 24.5 Å². The molecule has 0 bridgehead atoms. The van der Waals surface area contributed by atoms with Crippen LogP contribution in [0.25, 0.3) is 0 Å². The first kappa shape index (κ1) is 11.1. The molecule has 0 aliphatic rings. The zero-order valence-corrected chi connectivity index (χ0v) is 8.75. The Morgan fingerprint density at radius 3 is 1.80 bits per heavy atom. The summed E-state index contributed by atoms with van der Waals surface area (Å²) in [6.45, 7) is 3.90. The van der Waals surface area contributed by atoms with Crippen LogP contribution in [0, 0.1) is 13.8 Å². The molecule has 0 saturated heterocycles. The molecule has 0 saturated carbocycles. The quantitative estimate of drug-likeness (QED) is 0.710. The first-order valence-electron chi connectivity index (χ1n) is 4.51. The lowest BCUT2D eigenvalue weighted by Crippen LogP contribution is -1.75. The van der Waals surface area contributed by atoms with Gasteiger partial charge in [-0.25, -0.2) is 15.0 Å². The van der Waals surface area contributed by atoms with E-state index in [0.717, 1.165) is 5.56 Å². The molecule has 0 amide bonds. The molecule has 4 heteroatoms. The number of phenols is 1. The third-order valence-electron chi connectivity index (χ3n) is 1.75. The minimum atomic E-state index is 0.376. The number of aromatic nitrogens is 3. The van der Waals surface area contributed by atoms with Gasteiger partial charge in [-0.2, -0.15) is 0 Å². The van der Waals surface area contributed by atoms with Crippen molar-refractivity contribution in [3.05, 3.63) is 48.3 Å². The van der Waals surface area contributed by atoms with Crippen molar-refractivity contribution in [1.82, 2.24) is 15.0 Å². The van der Waals surface area contributed by atoms with E-state index >= 15 is 0 Å². The average molecular weight is 203 g/mol. The monoisotopic (exact) mass is 203 g/mol. The van der Waals surface area contributed by atoms with Gasteiger partial charge in [0.2, 0.25) is 0 Å². The first-order valence-corrected chi connectivity index (χ1v) is 4.51. The lowest BCUT2D eigenvalue weighted by atomic mass is 10.1. The number of nitrogens with zero attached hydrogens (tertiary/aromatic N) is 3. The van der Waals surface area contributed by atoms with Crippen LogP contribution in [-0.2, 0) is 0 Å². The van der Waals surface area contributed by atoms with Crippen molar-refractivity contribution < 1.29 is 5.11 Å². The lowest BCUT2D eigenvalue weighted by molar-refractivity contribution is 0.471. The summed E-state index contributed by atoms with van der Waals surface area (Å²) in [5.41, 5.74) is 2.13. The average Bonchev–Trinajstić information content (AvgIpc) is 2.27. The minimum Gasteiger partial charge on any atom is -0.508 e. The number of benzene rings is 1. The van der Waals surface area contributed by atoms with Gasteiger partial charge in [0.25, 0.3) is 0 Å². The summed E-state index contributed by atoms with van der Waals surface area (Å²) in [6, 6.07) is 5.56. The lowest BCUT2D eigenvalue weighted by Gasteiger charge is -1.97. The number of hydrogen-bond acceptors (Lipinski definition) is 4. The van der Waals surface area contributed by atoms with Gasteiger partial charge in [-0.3, -0.25) is 0 Å². The standard InChI is InChI=1S/C8H10O.C3H3N3/c1-6-3-4-8(9)7(2)5-6;1-4-2-6-3-5-1/h3-5,9H,1-2H3;1-3H. The van der Waals surface area contributed by atoms with Gasteiger partial charge in [-0.1, -0.05) is 17.7 Å². The number of aryl methyl sites for hydroxylation is 2. The molecule has 0 atom stereocenters. The highest BCUT2D eigenvalue weighted by atomic mass is 16.3. The van der Waals surface area contributed by atoms with Gasteiger partial charge in [-0.05, 0) is 25.5 Å². The van der Waals surface area contributed by atoms with Crippen LogP contribution in [0.1, 0.15) is 11.1 Å². The van der Waals surface area contributed by atoms with Gasteiger partial charge < -0.3 is 5.11 Å². The Morgan fingerprint density at radius 1 is 0.933 bits per heavy atom. The van der Waals surface area contributed by atoms with Gasteiger partial charge in [0.05, 0.1) is 0 Å². The van der Waals surface area contributed by atoms with Crippen LogP contribution in [-0.4, -0.2) is 20.1 Å². The predicted molar refractivity (Wildman–Crippen MR) is 57.4 cm³/mol. The van der Waals surface area contributed by atoms with Crippen LogP contribution in [0.4, 0.5) is 0 Å². The molecular weight excluding hydrogens is 190 g/mol. The van der Waals surface area contributed by atoms with E-state index in [1.807, 2.05) is 26.0 Å². The van der Waals surface area contributed by atoms with Crippen LogP contribution in [0.5, 0.6) is 5.75 Å². The molecule has 0 spiro atoms. The molecule has 1 heterocycles. The Balaban J connectivity index is 0.000000162. The molecule has 0 fully saturated rings. The third-order valence-corrected chi connectivity index (χ3v) is 1.75. The summed E-state index contributed by atoms with van der Waals surface area (Å²) >= 11 is 0. The number of phenolic OH excluding ortho intramolecular Hbond substituents is 1. The molecule has 1 aromatic heterocycles. The summed E-state index contributed by atoms with van der Waals surface area (Å²) in [5.74, 6) is 0.376. The topological polar surface area (TPSA) is 58.9 Å². The fraction of sp³-hybridized carbons (Fsp3) is 0.182. The zero-order valence-electron chi connectivity index (χ0n) is 8.75. The second kappa shape index (κ2) is 5.70. The Bertz CT molecular complexity index is 377. The van der Waals surface area contributed by atoms with Gasteiger partial charge >= 0.3 is 0 Å². The van der Waals surface area contributed by atoms with E-state index in [1.54, 1.807) is 6.07 Å². The molecule has 78 valence electrons. The van der Waals surface area contributed by atoms with E-state index in [-0.39, 0.29) is 0 Å². The van der Waals surface area contributed by atoms with Crippen LogP contribution in [0.3, 0.4) is 0 Å². The molecule has 2 rings (SSSR count). The molecule has 2 aromatic rings. The molecule has 1 aromatic carbocycles. The Labute approximate surface area is 88.7 Å². The van der Waals surface area contributed by atoms with Crippen molar-refractivity contribution in [2.45, 2.75) is 13.8 Å². The van der Waals surface area contributed by atoms with E-state index in [0.29, 0.717) is 5.75 Å². The maximum Gasteiger partial charge on any atom is 0.119 e. The van der Waals surface area contributed by atoms with E-state index in [2.05, 4.69) is 15.0 Å². The van der Waals surface area contributed by atoms with E-state index in [4.69, 9.17) is 5.11 Å². The molecule has 1 N–H and O–H groups in total. The van der Waals surface area contributed by atoms with Gasteiger partial charge in [-0.15, -0.1) is 0 Å². The first-order chi connectivity index (χ1) is 7.20.